The van der Waals surface area contributed by atoms with Gasteiger partial charge in [-0.25, -0.2) is 0 Å². The number of carbonyl (C=O) groups excluding carboxylic acids is 1. The first-order chi connectivity index (χ1) is 12.3. The van der Waals surface area contributed by atoms with Crippen molar-refractivity contribution in [2.24, 2.45) is 0 Å². The van der Waals surface area contributed by atoms with Crippen LogP contribution in [0.15, 0.2) is 41.3 Å². The summed E-state index contributed by atoms with van der Waals surface area (Å²) in [5, 5.41) is 3.98. The second-order valence-electron chi connectivity index (χ2n) is 6.43. The minimum absolute atomic E-state index is 0.127. The molecular formula is C21H21ClN2O2. The first-order valence-electron chi connectivity index (χ1n) is 8.55. The van der Waals surface area contributed by atoms with Crippen LogP contribution < -0.4 is 10.7 Å². The molecule has 134 valence electrons. The molecule has 2 aromatic carbocycles. The number of amides is 1. The summed E-state index contributed by atoms with van der Waals surface area (Å²) in [5.74, 6) is -0.402. The van der Waals surface area contributed by atoms with Crippen LogP contribution in [-0.4, -0.2) is 10.5 Å². The third-order valence-corrected chi connectivity index (χ3v) is 5.27. The number of pyridine rings is 1. The zero-order valence-electron chi connectivity index (χ0n) is 15.3. The van der Waals surface area contributed by atoms with E-state index in [2.05, 4.69) is 5.32 Å². The molecule has 1 aromatic heterocycles. The van der Waals surface area contributed by atoms with Crippen LogP contribution in [0.2, 0.25) is 5.02 Å². The average molecular weight is 369 g/mol. The molecule has 3 aromatic rings. The second kappa shape index (κ2) is 6.96. The van der Waals surface area contributed by atoms with Gasteiger partial charge in [0.1, 0.15) is 5.56 Å². The number of nitrogens with one attached hydrogen (secondary N) is 1. The molecule has 0 saturated carbocycles. The molecule has 0 aliphatic carbocycles. The summed E-state index contributed by atoms with van der Waals surface area (Å²) in [7, 11) is 0. The SMILES string of the molecule is CCn1cc(C(=O)Nc2cccc(C)c2C)c(=O)c2ccc(Cl)c(C)c21. The molecule has 1 N–H and O–H groups in total. The Balaban J connectivity index is 2.15. The van der Waals surface area contributed by atoms with Gasteiger partial charge in [0.2, 0.25) is 5.43 Å². The first-order valence-corrected chi connectivity index (χ1v) is 8.92. The molecule has 3 rings (SSSR count). The molecule has 0 saturated heterocycles. The monoisotopic (exact) mass is 368 g/mol. The van der Waals surface area contributed by atoms with Gasteiger partial charge in [0.15, 0.2) is 0 Å². The van der Waals surface area contributed by atoms with Gasteiger partial charge in [-0.15, -0.1) is 0 Å². The maximum atomic E-state index is 12.9. The van der Waals surface area contributed by atoms with Crippen LogP contribution in [0.4, 0.5) is 5.69 Å². The number of anilines is 1. The van der Waals surface area contributed by atoms with E-state index in [0.29, 0.717) is 22.6 Å². The quantitative estimate of drug-likeness (QED) is 0.718. The van der Waals surface area contributed by atoms with Crippen molar-refractivity contribution in [2.45, 2.75) is 34.2 Å². The fourth-order valence-corrected chi connectivity index (χ4v) is 3.29. The van der Waals surface area contributed by atoms with Gasteiger partial charge in [0, 0.05) is 28.8 Å². The lowest BCUT2D eigenvalue weighted by molar-refractivity contribution is 0.102. The molecule has 1 amide bonds. The number of nitrogens with zero attached hydrogens (tertiary/aromatic N) is 1. The number of aryl methyl sites for hydroxylation is 3. The Morgan fingerprint density at radius 2 is 1.85 bits per heavy atom. The highest BCUT2D eigenvalue weighted by molar-refractivity contribution is 6.32. The van der Waals surface area contributed by atoms with Gasteiger partial charge in [-0.3, -0.25) is 9.59 Å². The second-order valence-corrected chi connectivity index (χ2v) is 6.84. The van der Waals surface area contributed by atoms with Gasteiger partial charge >= 0.3 is 0 Å². The minimum atomic E-state index is -0.402. The van der Waals surface area contributed by atoms with Crippen molar-refractivity contribution < 1.29 is 4.79 Å². The Bertz CT molecular complexity index is 1080. The maximum absolute atomic E-state index is 12.9. The van der Waals surface area contributed by atoms with E-state index < -0.39 is 5.91 Å². The van der Waals surface area contributed by atoms with Gasteiger partial charge in [-0.05, 0) is 62.6 Å². The van der Waals surface area contributed by atoms with Crippen LogP contribution in [-0.2, 0) is 6.54 Å². The van der Waals surface area contributed by atoms with Gasteiger partial charge < -0.3 is 9.88 Å². The van der Waals surface area contributed by atoms with E-state index in [1.807, 2.05) is 50.5 Å². The number of fused-ring (bicyclic) bond motifs is 1. The topological polar surface area (TPSA) is 51.1 Å². The standard InChI is InChI=1S/C21H21ClN2O2/c1-5-24-11-16(20(25)15-9-10-17(22)14(4)19(15)24)21(26)23-18-8-6-7-12(2)13(18)3/h6-11H,5H2,1-4H3,(H,23,26). The Kier molecular flexibility index (Phi) is 4.88. The normalized spacial score (nSPS) is 11.0. The first kappa shape index (κ1) is 18.2. The summed E-state index contributed by atoms with van der Waals surface area (Å²) < 4.78 is 1.90. The van der Waals surface area contributed by atoms with Crippen molar-refractivity contribution in [3.63, 3.8) is 0 Å². The van der Waals surface area contributed by atoms with Crippen molar-refractivity contribution in [3.05, 3.63) is 74.0 Å². The van der Waals surface area contributed by atoms with Crippen LogP contribution in [0.1, 0.15) is 34.0 Å². The summed E-state index contributed by atoms with van der Waals surface area (Å²) in [6.45, 7) is 8.41. The number of hydrogen-bond donors (Lipinski definition) is 1. The van der Waals surface area contributed by atoms with Gasteiger partial charge in [-0.2, -0.15) is 0 Å². The van der Waals surface area contributed by atoms with E-state index in [1.54, 1.807) is 18.3 Å². The van der Waals surface area contributed by atoms with E-state index in [0.717, 1.165) is 22.2 Å². The third-order valence-electron chi connectivity index (χ3n) is 4.86. The average Bonchev–Trinajstić information content (AvgIpc) is 2.62. The number of benzene rings is 2. The molecule has 0 atom stereocenters. The highest BCUT2D eigenvalue weighted by atomic mass is 35.5. The van der Waals surface area contributed by atoms with E-state index >= 15 is 0 Å². The summed E-state index contributed by atoms with van der Waals surface area (Å²) in [4.78, 5) is 25.7. The number of halogens is 1. The molecule has 26 heavy (non-hydrogen) atoms. The Labute approximate surface area is 157 Å². The summed E-state index contributed by atoms with van der Waals surface area (Å²) in [6.07, 6.45) is 1.62. The molecule has 0 bridgehead atoms. The molecule has 0 unspecified atom stereocenters. The van der Waals surface area contributed by atoms with Crippen LogP contribution in [0.5, 0.6) is 0 Å². The molecule has 0 aliphatic rings. The van der Waals surface area contributed by atoms with Crippen molar-refractivity contribution in [3.8, 4) is 0 Å². The molecular weight excluding hydrogens is 348 g/mol. The van der Waals surface area contributed by atoms with Crippen molar-refractivity contribution >= 4 is 34.1 Å². The van der Waals surface area contributed by atoms with E-state index in [-0.39, 0.29) is 11.0 Å². The number of aromatic nitrogens is 1. The molecule has 0 fully saturated rings. The van der Waals surface area contributed by atoms with Crippen LogP contribution in [0, 0.1) is 20.8 Å². The maximum Gasteiger partial charge on any atom is 0.261 e. The predicted molar refractivity (Wildman–Crippen MR) is 107 cm³/mol. The minimum Gasteiger partial charge on any atom is -0.346 e. The molecule has 1 heterocycles. The summed E-state index contributed by atoms with van der Waals surface area (Å²) in [6, 6.07) is 9.09. The molecule has 0 spiro atoms. The van der Waals surface area contributed by atoms with Gasteiger partial charge in [0.25, 0.3) is 5.91 Å². The number of hydrogen-bond acceptors (Lipinski definition) is 2. The van der Waals surface area contributed by atoms with E-state index in [4.69, 9.17) is 11.6 Å². The lowest BCUT2D eigenvalue weighted by Gasteiger charge is -2.15. The van der Waals surface area contributed by atoms with Crippen LogP contribution in [0.3, 0.4) is 0 Å². The Hall–Kier alpha value is -2.59. The summed E-state index contributed by atoms with van der Waals surface area (Å²) in [5.41, 5.74) is 4.23. The highest BCUT2D eigenvalue weighted by Crippen LogP contribution is 2.25. The van der Waals surface area contributed by atoms with Crippen LogP contribution in [0.25, 0.3) is 10.9 Å². The molecule has 0 radical (unpaired) electrons. The van der Waals surface area contributed by atoms with Crippen molar-refractivity contribution in [1.29, 1.82) is 0 Å². The summed E-state index contributed by atoms with van der Waals surface area (Å²) >= 11 is 6.22. The zero-order chi connectivity index (χ0) is 19.0. The van der Waals surface area contributed by atoms with Crippen molar-refractivity contribution in [2.75, 3.05) is 5.32 Å². The van der Waals surface area contributed by atoms with Gasteiger partial charge in [0.05, 0.1) is 5.52 Å². The van der Waals surface area contributed by atoms with Crippen LogP contribution >= 0.6 is 11.6 Å². The lowest BCUT2D eigenvalue weighted by Crippen LogP contribution is -2.24. The highest BCUT2D eigenvalue weighted by Gasteiger charge is 2.18. The molecule has 4 nitrogen and oxygen atoms in total. The Morgan fingerprint density at radius 1 is 1.12 bits per heavy atom. The third kappa shape index (κ3) is 3.01. The largest absolute Gasteiger partial charge is 0.346 e. The zero-order valence-corrected chi connectivity index (χ0v) is 16.1. The predicted octanol–water partition coefficient (Wildman–Crippen LogP) is 4.85. The van der Waals surface area contributed by atoms with Gasteiger partial charge in [-0.1, -0.05) is 23.7 Å². The molecule has 5 heteroatoms. The fourth-order valence-electron chi connectivity index (χ4n) is 3.14. The smallest absolute Gasteiger partial charge is 0.261 e. The fraction of sp³-hybridized carbons (Fsp3) is 0.238. The number of carbonyl (C=O) groups is 1. The number of rotatable bonds is 3. The lowest BCUT2D eigenvalue weighted by atomic mass is 10.1. The van der Waals surface area contributed by atoms with E-state index in [1.165, 1.54) is 0 Å². The Morgan fingerprint density at radius 3 is 2.54 bits per heavy atom. The van der Waals surface area contributed by atoms with E-state index in [9.17, 15) is 9.59 Å². The van der Waals surface area contributed by atoms with Crippen molar-refractivity contribution in [1.82, 2.24) is 4.57 Å². The molecule has 0 aliphatic heterocycles.